The van der Waals surface area contributed by atoms with E-state index >= 15 is 0 Å². The fourth-order valence-corrected chi connectivity index (χ4v) is 2.09. The highest BCUT2D eigenvalue weighted by atomic mass is 16.5. The average Bonchev–Trinajstić information content (AvgIpc) is 3.22. The summed E-state index contributed by atoms with van der Waals surface area (Å²) in [5.41, 5.74) is 1.02. The van der Waals surface area contributed by atoms with E-state index < -0.39 is 0 Å². The first kappa shape index (κ1) is 16.4. The lowest BCUT2D eigenvalue weighted by molar-refractivity contribution is 0.111. The molecule has 1 heterocycles. The van der Waals surface area contributed by atoms with E-state index in [2.05, 4.69) is 20.5 Å². The lowest BCUT2D eigenvalue weighted by Gasteiger charge is -2.21. The predicted octanol–water partition coefficient (Wildman–Crippen LogP) is 0.125. The van der Waals surface area contributed by atoms with E-state index in [4.69, 9.17) is 9.47 Å². The maximum absolute atomic E-state index is 5.14. The van der Waals surface area contributed by atoms with E-state index in [1.54, 1.807) is 14.2 Å². The van der Waals surface area contributed by atoms with E-state index in [1.807, 2.05) is 10.9 Å². The SMILES string of the molecule is COCCN(CCOC)CCn1cc(CNC2CC2)nn1. The summed E-state index contributed by atoms with van der Waals surface area (Å²) in [5.74, 6) is 0. The molecule has 0 atom stereocenters. The Balaban J connectivity index is 1.70. The highest BCUT2D eigenvalue weighted by Gasteiger charge is 2.20. The first-order valence-corrected chi connectivity index (χ1v) is 7.64. The van der Waals surface area contributed by atoms with Crippen LogP contribution in [-0.4, -0.2) is 73.0 Å². The minimum absolute atomic E-state index is 0.703. The van der Waals surface area contributed by atoms with E-state index in [9.17, 15) is 0 Å². The van der Waals surface area contributed by atoms with Crippen molar-refractivity contribution in [3.05, 3.63) is 11.9 Å². The van der Waals surface area contributed by atoms with Crippen molar-refractivity contribution in [3.8, 4) is 0 Å². The minimum atomic E-state index is 0.703. The third kappa shape index (κ3) is 6.52. The summed E-state index contributed by atoms with van der Waals surface area (Å²) in [5, 5.41) is 11.8. The summed E-state index contributed by atoms with van der Waals surface area (Å²) in [6, 6.07) is 0.703. The number of aromatic nitrogens is 3. The summed E-state index contributed by atoms with van der Waals surface area (Å²) < 4.78 is 12.2. The second-order valence-corrected chi connectivity index (χ2v) is 5.46. The normalized spacial score (nSPS) is 15.0. The molecular formula is C14H27N5O2. The van der Waals surface area contributed by atoms with Crippen LogP contribution in [0.3, 0.4) is 0 Å². The van der Waals surface area contributed by atoms with Gasteiger partial charge in [0.05, 0.1) is 25.5 Å². The van der Waals surface area contributed by atoms with Crippen molar-refractivity contribution in [2.45, 2.75) is 32.0 Å². The highest BCUT2D eigenvalue weighted by Crippen LogP contribution is 2.18. The highest BCUT2D eigenvalue weighted by molar-refractivity contribution is 4.94. The smallest absolute Gasteiger partial charge is 0.0964 e. The fourth-order valence-electron chi connectivity index (χ4n) is 2.09. The van der Waals surface area contributed by atoms with Gasteiger partial charge in [-0.1, -0.05) is 5.21 Å². The molecule has 0 spiro atoms. The van der Waals surface area contributed by atoms with Gasteiger partial charge in [-0.05, 0) is 12.8 Å². The van der Waals surface area contributed by atoms with Crippen molar-refractivity contribution in [1.29, 1.82) is 0 Å². The van der Waals surface area contributed by atoms with Gasteiger partial charge in [0.15, 0.2) is 0 Å². The number of methoxy groups -OCH3 is 2. The Labute approximate surface area is 126 Å². The van der Waals surface area contributed by atoms with Crippen LogP contribution in [0, 0.1) is 0 Å². The van der Waals surface area contributed by atoms with Gasteiger partial charge < -0.3 is 14.8 Å². The third-order valence-electron chi connectivity index (χ3n) is 3.60. The van der Waals surface area contributed by atoms with Gasteiger partial charge in [-0.2, -0.15) is 0 Å². The zero-order valence-electron chi connectivity index (χ0n) is 13.1. The lowest BCUT2D eigenvalue weighted by atomic mass is 10.4. The fraction of sp³-hybridized carbons (Fsp3) is 0.857. The molecule has 0 aliphatic heterocycles. The minimum Gasteiger partial charge on any atom is -0.383 e. The molecule has 0 saturated heterocycles. The maximum atomic E-state index is 5.14. The van der Waals surface area contributed by atoms with Crippen LogP contribution < -0.4 is 5.32 Å². The Bertz CT molecular complexity index is 386. The van der Waals surface area contributed by atoms with E-state index in [0.717, 1.165) is 51.6 Å². The largest absolute Gasteiger partial charge is 0.383 e. The first-order chi connectivity index (χ1) is 10.3. The Kier molecular flexibility index (Phi) is 7.08. The van der Waals surface area contributed by atoms with E-state index in [1.165, 1.54) is 12.8 Å². The molecule has 0 aromatic carbocycles. The molecule has 1 N–H and O–H groups in total. The number of hydrogen-bond donors (Lipinski definition) is 1. The summed E-state index contributed by atoms with van der Waals surface area (Å²) in [7, 11) is 3.45. The molecule has 21 heavy (non-hydrogen) atoms. The Morgan fingerprint density at radius 3 is 2.57 bits per heavy atom. The van der Waals surface area contributed by atoms with Crippen LogP contribution >= 0.6 is 0 Å². The first-order valence-electron chi connectivity index (χ1n) is 7.64. The van der Waals surface area contributed by atoms with Gasteiger partial charge in [0.25, 0.3) is 0 Å². The van der Waals surface area contributed by atoms with Crippen LogP contribution in [0.2, 0.25) is 0 Å². The maximum Gasteiger partial charge on any atom is 0.0964 e. The molecule has 1 aromatic rings. The molecule has 0 unspecified atom stereocenters. The monoisotopic (exact) mass is 297 g/mol. The van der Waals surface area contributed by atoms with Crippen molar-refractivity contribution < 1.29 is 9.47 Å². The third-order valence-corrected chi connectivity index (χ3v) is 3.60. The van der Waals surface area contributed by atoms with Crippen molar-refractivity contribution in [3.63, 3.8) is 0 Å². The summed E-state index contributed by atoms with van der Waals surface area (Å²) in [6.07, 6.45) is 4.62. The quantitative estimate of drug-likeness (QED) is 0.591. The number of nitrogens with one attached hydrogen (secondary N) is 1. The van der Waals surface area contributed by atoms with Gasteiger partial charge in [-0.25, -0.2) is 0 Å². The topological polar surface area (TPSA) is 64.4 Å². The molecular weight excluding hydrogens is 270 g/mol. The van der Waals surface area contributed by atoms with Gasteiger partial charge in [0, 0.05) is 52.6 Å². The van der Waals surface area contributed by atoms with Crippen molar-refractivity contribution in [1.82, 2.24) is 25.2 Å². The number of rotatable bonds is 12. The molecule has 0 bridgehead atoms. The van der Waals surface area contributed by atoms with Crippen LogP contribution in [0.4, 0.5) is 0 Å². The molecule has 2 rings (SSSR count). The molecule has 7 heteroatoms. The molecule has 1 aliphatic carbocycles. The van der Waals surface area contributed by atoms with Gasteiger partial charge >= 0.3 is 0 Å². The van der Waals surface area contributed by atoms with Crippen LogP contribution in [0.1, 0.15) is 18.5 Å². The van der Waals surface area contributed by atoms with Crippen LogP contribution in [0.5, 0.6) is 0 Å². The Morgan fingerprint density at radius 1 is 1.24 bits per heavy atom. The molecule has 1 aromatic heterocycles. The number of nitrogens with zero attached hydrogens (tertiary/aromatic N) is 4. The lowest BCUT2D eigenvalue weighted by Crippen LogP contribution is -2.33. The number of ether oxygens (including phenoxy) is 2. The average molecular weight is 297 g/mol. The molecule has 0 amide bonds. The van der Waals surface area contributed by atoms with E-state index in [0.29, 0.717) is 6.04 Å². The van der Waals surface area contributed by atoms with Crippen LogP contribution in [-0.2, 0) is 22.6 Å². The number of hydrogen-bond acceptors (Lipinski definition) is 6. The van der Waals surface area contributed by atoms with Crippen molar-refractivity contribution in [2.75, 3.05) is 47.1 Å². The van der Waals surface area contributed by atoms with Gasteiger partial charge in [-0.3, -0.25) is 9.58 Å². The second-order valence-electron chi connectivity index (χ2n) is 5.46. The molecule has 1 aliphatic rings. The summed E-state index contributed by atoms with van der Waals surface area (Å²) in [4.78, 5) is 2.32. The van der Waals surface area contributed by atoms with Crippen molar-refractivity contribution >= 4 is 0 Å². The van der Waals surface area contributed by atoms with Gasteiger partial charge in [0.2, 0.25) is 0 Å². The van der Waals surface area contributed by atoms with Crippen LogP contribution in [0.25, 0.3) is 0 Å². The zero-order valence-corrected chi connectivity index (χ0v) is 13.1. The second kappa shape index (κ2) is 9.09. The molecule has 7 nitrogen and oxygen atoms in total. The molecule has 120 valence electrons. The van der Waals surface area contributed by atoms with Gasteiger partial charge in [0.1, 0.15) is 0 Å². The zero-order chi connectivity index (χ0) is 14.9. The molecule has 0 radical (unpaired) electrons. The van der Waals surface area contributed by atoms with Crippen molar-refractivity contribution in [2.24, 2.45) is 0 Å². The van der Waals surface area contributed by atoms with Crippen LogP contribution in [0.15, 0.2) is 6.20 Å². The molecule has 1 fully saturated rings. The Morgan fingerprint density at radius 2 is 1.95 bits per heavy atom. The van der Waals surface area contributed by atoms with E-state index in [-0.39, 0.29) is 0 Å². The summed E-state index contributed by atoms with van der Waals surface area (Å²) in [6.45, 7) is 5.86. The van der Waals surface area contributed by atoms with Gasteiger partial charge in [-0.15, -0.1) is 5.10 Å². The standard InChI is InChI=1S/C14H27N5O2/c1-20-9-7-18(8-10-21-2)5-6-19-12-14(16-17-19)11-15-13-3-4-13/h12-13,15H,3-11H2,1-2H3. The predicted molar refractivity (Wildman–Crippen MR) is 80.1 cm³/mol. The summed E-state index contributed by atoms with van der Waals surface area (Å²) >= 11 is 0. The molecule has 1 saturated carbocycles. The Hall–Kier alpha value is -1.02.